The molecule has 0 unspecified atom stereocenters. The van der Waals surface area contributed by atoms with Crippen molar-refractivity contribution in [2.24, 2.45) is 11.7 Å². The van der Waals surface area contributed by atoms with E-state index in [2.05, 4.69) is 28.8 Å². The van der Waals surface area contributed by atoms with Gasteiger partial charge in [0.2, 0.25) is 0 Å². The van der Waals surface area contributed by atoms with Gasteiger partial charge >= 0.3 is 0 Å². The van der Waals surface area contributed by atoms with E-state index in [0.717, 1.165) is 47.2 Å². The second-order valence-corrected chi connectivity index (χ2v) is 14.3. The molecule has 260 valence electrons. The first-order chi connectivity index (χ1) is 24.2. The Hall–Kier alpha value is -4.90. The van der Waals surface area contributed by atoms with Gasteiger partial charge in [-0.25, -0.2) is 8.91 Å². The zero-order valence-electron chi connectivity index (χ0n) is 28.5. The number of piperidine rings is 2. The number of nitrogens with two attached hydrogens (primary N) is 1. The number of aryl methyl sites for hydroxylation is 1. The summed E-state index contributed by atoms with van der Waals surface area (Å²) >= 11 is 0. The van der Waals surface area contributed by atoms with Gasteiger partial charge in [0.05, 0.1) is 30.4 Å². The number of pyridine rings is 1. The maximum atomic E-state index is 14.4. The minimum absolute atomic E-state index is 0.00484. The van der Waals surface area contributed by atoms with Crippen LogP contribution in [0.4, 0.5) is 4.39 Å². The molecule has 8 rings (SSSR count). The van der Waals surface area contributed by atoms with Gasteiger partial charge in [0.1, 0.15) is 28.9 Å². The van der Waals surface area contributed by atoms with Crippen molar-refractivity contribution in [2.75, 3.05) is 33.3 Å². The Balaban J connectivity index is 1.14. The molecule has 2 amide bonds. The maximum absolute atomic E-state index is 14.4. The SMILES string of the molecule is COc1cc(C(=O)N2C[C@H](N)C[C@@H](F)C2)cn2nc(-c3cc4cccc(C5CCN(C(=O)c6ccc(O)cc6)CC5)c4n3CC3CC3)c(C)c12. The van der Waals surface area contributed by atoms with Gasteiger partial charge in [-0.15, -0.1) is 0 Å². The van der Waals surface area contributed by atoms with Crippen LogP contribution >= 0.6 is 0 Å². The van der Waals surface area contributed by atoms with Crippen molar-refractivity contribution in [3.8, 4) is 22.9 Å². The summed E-state index contributed by atoms with van der Waals surface area (Å²) in [5.41, 5.74) is 13.1. The van der Waals surface area contributed by atoms with E-state index in [1.54, 1.807) is 48.2 Å². The number of methoxy groups -OCH3 is 1. The standard InChI is InChI=1S/C39H43FN6O4/c1-23-35(42-46-20-28(17-34(50-2)36(23)46)39(49)44-21-29(40)18-30(41)22-44)33-16-27-4-3-5-32(37(27)45(33)19-24-6-7-24)25-12-14-43(15-13-25)38(48)26-8-10-31(47)11-9-26/h3-5,8-11,16-17,20,24-25,29-30,47H,6-7,12-15,18-19,21-22,41H2,1-2H3/t29-,30-/m1/s1. The van der Waals surface area contributed by atoms with Gasteiger partial charge in [0.25, 0.3) is 11.8 Å². The minimum Gasteiger partial charge on any atom is -0.508 e. The summed E-state index contributed by atoms with van der Waals surface area (Å²) in [5, 5.41) is 15.9. The predicted octanol–water partition coefficient (Wildman–Crippen LogP) is 5.92. The van der Waals surface area contributed by atoms with E-state index in [1.165, 1.54) is 28.8 Å². The van der Waals surface area contributed by atoms with Gasteiger partial charge in [0, 0.05) is 54.9 Å². The summed E-state index contributed by atoms with van der Waals surface area (Å²) in [7, 11) is 1.59. The van der Waals surface area contributed by atoms with Crippen molar-refractivity contribution >= 4 is 28.2 Å². The largest absolute Gasteiger partial charge is 0.508 e. The van der Waals surface area contributed by atoms with Gasteiger partial charge in [0.15, 0.2) is 0 Å². The normalized spacial score (nSPS) is 20.2. The predicted molar refractivity (Wildman–Crippen MR) is 190 cm³/mol. The molecule has 0 bridgehead atoms. The average molecular weight is 679 g/mol. The summed E-state index contributed by atoms with van der Waals surface area (Å²) in [6, 6.07) is 16.6. The quantitative estimate of drug-likeness (QED) is 0.221. The molecule has 3 fully saturated rings. The number of amides is 2. The molecular weight excluding hydrogens is 635 g/mol. The van der Waals surface area contributed by atoms with Crippen molar-refractivity contribution < 1.29 is 23.8 Å². The third-order valence-corrected chi connectivity index (χ3v) is 10.8. The Morgan fingerprint density at radius 3 is 2.40 bits per heavy atom. The number of aromatic hydroxyl groups is 1. The Kier molecular flexibility index (Phi) is 8.25. The summed E-state index contributed by atoms with van der Waals surface area (Å²) in [6.45, 7) is 4.59. The van der Waals surface area contributed by atoms with Crippen LogP contribution in [-0.4, -0.2) is 86.4 Å². The summed E-state index contributed by atoms with van der Waals surface area (Å²) in [4.78, 5) is 30.2. The second kappa shape index (κ2) is 12.8. The molecule has 2 saturated heterocycles. The van der Waals surface area contributed by atoms with E-state index in [9.17, 15) is 19.1 Å². The smallest absolute Gasteiger partial charge is 0.255 e. The van der Waals surface area contributed by atoms with E-state index in [-0.39, 0.29) is 30.5 Å². The number of ether oxygens (including phenoxy) is 1. The van der Waals surface area contributed by atoms with Crippen LogP contribution in [0.15, 0.2) is 60.8 Å². The number of rotatable bonds is 7. The fourth-order valence-electron chi connectivity index (χ4n) is 8.03. The van der Waals surface area contributed by atoms with Crippen molar-refractivity contribution in [1.82, 2.24) is 24.0 Å². The molecule has 10 nitrogen and oxygen atoms in total. The molecule has 50 heavy (non-hydrogen) atoms. The van der Waals surface area contributed by atoms with Gasteiger partial charge in [-0.05, 0) is 92.8 Å². The Bertz CT molecular complexity index is 2080. The molecule has 2 aliphatic heterocycles. The lowest BCUT2D eigenvalue weighted by Gasteiger charge is -2.33. The number of carbonyl (C=O) groups excluding carboxylic acids is 2. The number of nitrogens with zero attached hydrogens (tertiary/aromatic N) is 5. The number of alkyl halides is 1. The molecule has 5 aromatic rings. The molecule has 3 aliphatic rings. The van der Waals surface area contributed by atoms with Gasteiger partial charge in [-0.3, -0.25) is 9.59 Å². The number of benzene rings is 2. The highest BCUT2D eigenvalue weighted by Gasteiger charge is 2.32. The third-order valence-electron chi connectivity index (χ3n) is 10.8. The van der Waals surface area contributed by atoms with E-state index < -0.39 is 12.2 Å². The van der Waals surface area contributed by atoms with E-state index in [4.69, 9.17) is 15.6 Å². The molecule has 0 spiro atoms. The number of phenols is 1. The fourth-order valence-corrected chi connectivity index (χ4v) is 8.03. The minimum atomic E-state index is -1.15. The van der Waals surface area contributed by atoms with Crippen LogP contribution in [0.2, 0.25) is 0 Å². The number of fused-ring (bicyclic) bond motifs is 2. The number of halogens is 1. The number of hydrogen-bond donors (Lipinski definition) is 2. The monoisotopic (exact) mass is 678 g/mol. The first-order valence-corrected chi connectivity index (χ1v) is 17.6. The lowest BCUT2D eigenvalue weighted by Crippen LogP contribution is -2.50. The van der Waals surface area contributed by atoms with Gasteiger partial charge in [-0.2, -0.15) is 5.10 Å². The van der Waals surface area contributed by atoms with Crippen LogP contribution in [0.3, 0.4) is 0 Å². The lowest BCUT2D eigenvalue weighted by molar-refractivity contribution is 0.0605. The van der Waals surface area contributed by atoms with E-state index in [1.807, 2.05) is 11.8 Å². The Morgan fingerprint density at radius 1 is 0.960 bits per heavy atom. The molecule has 0 radical (unpaired) electrons. The first-order valence-electron chi connectivity index (χ1n) is 17.6. The van der Waals surface area contributed by atoms with Crippen LogP contribution in [-0.2, 0) is 6.54 Å². The van der Waals surface area contributed by atoms with E-state index >= 15 is 0 Å². The number of hydrogen-bond acceptors (Lipinski definition) is 6. The molecule has 3 N–H and O–H groups in total. The third kappa shape index (κ3) is 5.87. The van der Waals surface area contributed by atoms with Gasteiger partial charge in [-0.1, -0.05) is 18.2 Å². The molecule has 1 saturated carbocycles. The highest BCUT2D eigenvalue weighted by molar-refractivity contribution is 5.96. The molecule has 5 heterocycles. The summed E-state index contributed by atoms with van der Waals surface area (Å²) < 4.78 is 24.4. The zero-order valence-corrected chi connectivity index (χ0v) is 28.5. The zero-order chi connectivity index (χ0) is 34.7. The number of para-hydroxylation sites is 1. The Morgan fingerprint density at radius 2 is 1.70 bits per heavy atom. The Labute approximate surface area is 290 Å². The first kappa shape index (κ1) is 32.3. The highest BCUT2D eigenvalue weighted by Crippen LogP contribution is 2.42. The number of carbonyl (C=O) groups is 2. The maximum Gasteiger partial charge on any atom is 0.255 e. The van der Waals surface area contributed by atoms with Gasteiger partial charge < -0.3 is 29.9 Å². The van der Waals surface area contributed by atoms with Crippen LogP contribution in [0.1, 0.15) is 69.9 Å². The molecule has 3 aromatic heterocycles. The van der Waals surface area contributed by atoms with Crippen molar-refractivity contribution in [2.45, 2.75) is 63.7 Å². The summed E-state index contributed by atoms with van der Waals surface area (Å²) in [5.74, 6) is 1.29. The van der Waals surface area contributed by atoms with Crippen LogP contribution in [0.5, 0.6) is 11.5 Å². The second-order valence-electron chi connectivity index (χ2n) is 14.3. The summed E-state index contributed by atoms with van der Waals surface area (Å²) in [6.07, 6.45) is 4.94. The lowest BCUT2D eigenvalue weighted by atomic mass is 9.88. The van der Waals surface area contributed by atoms with Crippen molar-refractivity contribution in [3.05, 3.63) is 83.0 Å². The number of phenolic OH excluding ortho intramolecular Hbond substituents is 1. The number of aromatic nitrogens is 3. The average Bonchev–Trinajstić information content (AvgIpc) is 3.78. The molecule has 11 heteroatoms. The number of likely N-dealkylation sites (tertiary alicyclic amines) is 2. The van der Waals surface area contributed by atoms with E-state index in [0.29, 0.717) is 48.3 Å². The molecule has 2 atom stereocenters. The highest BCUT2D eigenvalue weighted by atomic mass is 19.1. The van der Waals surface area contributed by atoms with Crippen LogP contribution in [0.25, 0.3) is 27.8 Å². The van der Waals surface area contributed by atoms with Crippen molar-refractivity contribution in [3.63, 3.8) is 0 Å². The van der Waals surface area contributed by atoms with Crippen molar-refractivity contribution in [1.29, 1.82) is 0 Å². The topological polar surface area (TPSA) is 118 Å². The fraction of sp³-hybridized carbons (Fsp3) is 0.410. The molecular formula is C39H43FN6O4. The van der Waals surface area contributed by atoms with Crippen LogP contribution < -0.4 is 10.5 Å². The molecule has 1 aliphatic carbocycles. The molecule has 2 aromatic carbocycles. The van der Waals surface area contributed by atoms with Crippen LogP contribution in [0, 0.1) is 12.8 Å².